The molecule has 0 spiro atoms. The van der Waals surface area contributed by atoms with Crippen LogP contribution in [0.1, 0.15) is 34.5 Å². The summed E-state index contributed by atoms with van der Waals surface area (Å²) in [6.45, 7) is 7.32. The van der Waals surface area contributed by atoms with Gasteiger partial charge in [-0.25, -0.2) is 0 Å². The third kappa shape index (κ3) is 3.48. The van der Waals surface area contributed by atoms with Crippen molar-refractivity contribution in [3.63, 3.8) is 0 Å². The van der Waals surface area contributed by atoms with Crippen LogP contribution in [0.15, 0.2) is 35.7 Å². The number of likely N-dealkylation sites (N-methyl/N-ethyl adjacent to an activating group) is 1. The number of aryl methyl sites for hydroxylation is 2. The molecule has 1 aromatic heterocycles. The first-order chi connectivity index (χ1) is 9.49. The molecule has 0 aliphatic heterocycles. The second kappa shape index (κ2) is 6.53. The molecule has 3 heteroatoms. The number of hydrogen-bond acceptors (Lipinski definition) is 3. The number of hydrogen-bond donors (Lipinski definition) is 1. The minimum Gasteiger partial charge on any atom is -0.326 e. The molecule has 2 unspecified atom stereocenters. The van der Waals surface area contributed by atoms with Gasteiger partial charge in [0.25, 0.3) is 0 Å². The smallest absolute Gasteiger partial charge is 0.0593 e. The first kappa shape index (κ1) is 15.2. The summed E-state index contributed by atoms with van der Waals surface area (Å²) in [6.07, 6.45) is 0. The number of nitrogens with two attached hydrogens (primary N) is 1. The second-order valence-electron chi connectivity index (χ2n) is 5.68. The van der Waals surface area contributed by atoms with Crippen molar-refractivity contribution in [3.05, 3.63) is 57.3 Å². The molecule has 0 aliphatic rings. The van der Waals surface area contributed by atoms with Crippen molar-refractivity contribution in [2.45, 2.75) is 39.4 Å². The van der Waals surface area contributed by atoms with Gasteiger partial charge >= 0.3 is 0 Å². The Morgan fingerprint density at radius 3 is 2.55 bits per heavy atom. The molecule has 1 aromatic carbocycles. The van der Waals surface area contributed by atoms with Crippen LogP contribution in [0, 0.1) is 13.8 Å². The van der Waals surface area contributed by atoms with E-state index in [1.807, 2.05) is 0 Å². The van der Waals surface area contributed by atoms with E-state index in [-0.39, 0.29) is 12.1 Å². The van der Waals surface area contributed by atoms with E-state index in [4.69, 9.17) is 5.73 Å². The Bertz CT molecular complexity index is 560. The van der Waals surface area contributed by atoms with Crippen LogP contribution in [-0.4, -0.2) is 18.0 Å². The number of benzene rings is 1. The molecule has 0 saturated carbocycles. The van der Waals surface area contributed by atoms with Crippen LogP contribution in [0.25, 0.3) is 0 Å². The molecular formula is C17H24N2S. The first-order valence-corrected chi connectivity index (χ1v) is 7.92. The molecular weight excluding hydrogens is 264 g/mol. The van der Waals surface area contributed by atoms with E-state index in [1.165, 1.54) is 21.6 Å². The van der Waals surface area contributed by atoms with Crippen LogP contribution >= 0.6 is 11.3 Å². The average molecular weight is 288 g/mol. The highest BCUT2D eigenvalue weighted by atomic mass is 32.1. The van der Waals surface area contributed by atoms with Gasteiger partial charge in [-0.05, 0) is 50.4 Å². The molecule has 2 N–H and O–H groups in total. The number of nitrogens with zero attached hydrogens (tertiary/aromatic N) is 1. The minimum absolute atomic E-state index is 0.113. The van der Waals surface area contributed by atoms with Gasteiger partial charge in [0.05, 0.1) is 6.04 Å². The van der Waals surface area contributed by atoms with Gasteiger partial charge < -0.3 is 5.73 Å². The fraction of sp³-hybridized carbons (Fsp3) is 0.412. The van der Waals surface area contributed by atoms with Crippen molar-refractivity contribution in [2.75, 3.05) is 7.05 Å². The fourth-order valence-electron chi connectivity index (χ4n) is 2.72. The van der Waals surface area contributed by atoms with E-state index >= 15 is 0 Å². The van der Waals surface area contributed by atoms with E-state index in [0.29, 0.717) is 0 Å². The fourth-order valence-corrected chi connectivity index (χ4v) is 3.93. The van der Waals surface area contributed by atoms with Crippen molar-refractivity contribution >= 4 is 11.3 Å². The Kier molecular flexibility index (Phi) is 4.97. The maximum absolute atomic E-state index is 6.25. The number of thiophene rings is 1. The average Bonchev–Trinajstić information content (AvgIpc) is 2.75. The lowest BCUT2D eigenvalue weighted by Crippen LogP contribution is -2.36. The van der Waals surface area contributed by atoms with Crippen LogP contribution in [0.5, 0.6) is 0 Å². The number of rotatable bonds is 5. The molecule has 0 radical (unpaired) electrons. The normalized spacial score (nSPS) is 14.5. The van der Waals surface area contributed by atoms with Crippen LogP contribution in [0.4, 0.5) is 0 Å². The molecule has 0 bridgehead atoms. The Labute approximate surface area is 126 Å². The van der Waals surface area contributed by atoms with Crippen LogP contribution in [0.2, 0.25) is 0 Å². The molecule has 0 aliphatic carbocycles. The molecule has 0 amide bonds. The van der Waals surface area contributed by atoms with Gasteiger partial charge in [-0.1, -0.05) is 29.8 Å². The van der Waals surface area contributed by atoms with Gasteiger partial charge in [0.15, 0.2) is 0 Å². The van der Waals surface area contributed by atoms with Crippen molar-refractivity contribution in [1.82, 2.24) is 4.90 Å². The molecule has 108 valence electrons. The molecule has 2 atom stereocenters. The summed E-state index contributed by atoms with van der Waals surface area (Å²) in [7, 11) is 2.16. The zero-order valence-electron chi connectivity index (χ0n) is 12.8. The predicted octanol–water partition coefficient (Wildman–Crippen LogP) is 3.89. The monoisotopic (exact) mass is 288 g/mol. The topological polar surface area (TPSA) is 29.3 Å². The summed E-state index contributed by atoms with van der Waals surface area (Å²) in [4.78, 5) is 3.74. The third-order valence-electron chi connectivity index (χ3n) is 3.66. The van der Waals surface area contributed by atoms with E-state index in [1.54, 1.807) is 11.3 Å². The minimum atomic E-state index is 0.113. The summed E-state index contributed by atoms with van der Waals surface area (Å²) in [5.74, 6) is 0. The van der Waals surface area contributed by atoms with Crippen LogP contribution in [0.3, 0.4) is 0 Å². The summed E-state index contributed by atoms with van der Waals surface area (Å²) in [5.41, 5.74) is 10.2. The Hall–Kier alpha value is -1.16. The van der Waals surface area contributed by atoms with Gasteiger partial charge in [0.1, 0.15) is 0 Å². The summed E-state index contributed by atoms with van der Waals surface area (Å²) in [5, 5.41) is 2.15. The zero-order chi connectivity index (χ0) is 14.7. The Balaban J connectivity index is 2.20. The van der Waals surface area contributed by atoms with Gasteiger partial charge in [-0.15, -0.1) is 11.3 Å². The van der Waals surface area contributed by atoms with Gasteiger partial charge in [0, 0.05) is 17.5 Å². The van der Waals surface area contributed by atoms with Crippen LogP contribution < -0.4 is 5.73 Å². The predicted molar refractivity (Wildman–Crippen MR) is 88.1 cm³/mol. The Morgan fingerprint density at radius 1 is 1.25 bits per heavy atom. The highest BCUT2D eigenvalue weighted by Crippen LogP contribution is 2.30. The van der Waals surface area contributed by atoms with Gasteiger partial charge in [-0.3, -0.25) is 4.90 Å². The SMILES string of the molecule is Cc1cccc(CN(C)C(c2sccc2C)C(C)N)c1. The maximum atomic E-state index is 6.25. The molecule has 20 heavy (non-hydrogen) atoms. The highest BCUT2D eigenvalue weighted by Gasteiger charge is 2.23. The maximum Gasteiger partial charge on any atom is 0.0593 e. The van der Waals surface area contributed by atoms with E-state index < -0.39 is 0 Å². The summed E-state index contributed by atoms with van der Waals surface area (Å²) in [6, 6.07) is 11.2. The van der Waals surface area contributed by atoms with Crippen molar-refractivity contribution < 1.29 is 0 Å². The molecule has 0 saturated heterocycles. The van der Waals surface area contributed by atoms with E-state index in [2.05, 4.69) is 68.4 Å². The lowest BCUT2D eigenvalue weighted by atomic mass is 10.0. The van der Waals surface area contributed by atoms with E-state index in [9.17, 15) is 0 Å². The van der Waals surface area contributed by atoms with Gasteiger partial charge in [-0.2, -0.15) is 0 Å². The quantitative estimate of drug-likeness (QED) is 0.904. The van der Waals surface area contributed by atoms with Crippen molar-refractivity contribution in [2.24, 2.45) is 5.73 Å². The van der Waals surface area contributed by atoms with E-state index in [0.717, 1.165) is 6.54 Å². The molecule has 1 heterocycles. The van der Waals surface area contributed by atoms with Crippen LogP contribution in [-0.2, 0) is 6.54 Å². The molecule has 0 fully saturated rings. The second-order valence-corrected chi connectivity index (χ2v) is 6.62. The lowest BCUT2D eigenvalue weighted by Gasteiger charge is -2.31. The zero-order valence-corrected chi connectivity index (χ0v) is 13.6. The molecule has 2 nitrogen and oxygen atoms in total. The largest absolute Gasteiger partial charge is 0.326 e. The summed E-state index contributed by atoms with van der Waals surface area (Å²) < 4.78 is 0. The third-order valence-corrected chi connectivity index (χ3v) is 4.75. The Morgan fingerprint density at radius 2 is 2.00 bits per heavy atom. The highest BCUT2D eigenvalue weighted by molar-refractivity contribution is 7.10. The summed E-state index contributed by atoms with van der Waals surface area (Å²) >= 11 is 1.81. The van der Waals surface area contributed by atoms with Crippen molar-refractivity contribution in [1.29, 1.82) is 0 Å². The first-order valence-electron chi connectivity index (χ1n) is 7.04. The van der Waals surface area contributed by atoms with Gasteiger partial charge in [0.2, 0.25) is 0 Å². The lowest BCUT2D eigenvalue weighted by molar-refractivity contribution is 0.213. The molecule has 2 rings (SSSR count). The van der Waals surface area contributed by atoms with Crippen molar-refractivity contribution in [3.8, 4) is 0 Å². The molecule has 2 aromatic rings. The standard InChI is InChI=1S/C17H24N2S/c1-12-6-5-7-15(10-12)11-19(4)16(14(3)18)17-13(2)8-9-20-17/h5-10,14,16H,11,18H2,1-4H3.